The van der Waals surface area contributed by atoms with Crippen LogP contribution in [0.15, 0.2) is 93.2 Å². The summed E-state index contributed by atoms with van der Waals surface area (Å²) in [5.74, 6) is 0. The van der Waals surface area contributed by atoms with Gasteiger partial charge in [-0.1, -0.05) is 104 Å². The lowest BCUT2D eigenvalue weighted by Gasteiger charge is -2.58. The summed E-state index contributed by atoms with van der Waals surface area (Å²) in [6.45, 7) is 19.0. The quantitative estimate of drug-likeness (QED) is 0.398. The van der Waals surface area contributed by atoms with Gasteiger partial charge in [0.25, 0.3) is 0 Å². The van der Waals surface area contributed by atoms with Crippen LogP contribution >= 0.6 is 0 Å². The summed E-state index contributed by atoms with van der Waals surface area (Å²) < 4.78 is 0. The number of hydrogen-bond acceptors (Lipinski definition) is 0. The van der Waals surface area contributed by atoms with E-state index in [0.29, 0.717) is 0 Å². The topological polar surface area (TPSA) is 0 Å². The van der Waals surface area contributed by atoms with Crippen molar-refractivity contribution >= 4 is 0 Å². The van der Waals surface area contributed by atoms with Crippen molar-refractivity contribution in [2.24, 2.45) is 21.7 Å². The van der Waals surface area contributed by atoms with E-state index in [9.17, 15) is 0 Å². The molecule has 0 fully saturated rings. The fraction of sp³-hybridized carbons (Fsp3) is 0.448. The molecule has 5 aliphatic rings. The third-order valence-corrected chi connectivity index (χ3v) is 8.18. The second-order valence-corrected chi connectivity index (χ2v) is 11.8. The lowest BCUT2D eigenvalue weighted by molar-refractivity contribution is 0.241. The molecule has 0 saturated heterocycles. The molecule has 5 aliphatic carbocycles. The van der Waals surface area contributed by atoms with E-state index in [2.05, 4.69) is 104 Å². The molecule has 0 radical (unpaired) electrons. The van der Waals surface area contributed by atoms with Crippen molar-refractivity contribution in [2.45, 2.75) is 61.8 Å². The van der Waals surface area contributed by atoms with E-state index in [0.717, 1.165) is 6.42 Å². The molecular formula is C29H34. The Kier molecular flexibility index (Phi) is 3.48. The van der Waals surface area contributed by atoms with Crippen LogP contribution in [0.2, 0.25) is 0 Å². The largest absolute Gasteiger partial charge is 0.0795 e. The molecule has 0 aromatic rings. The van der Waals surface area contributed by atoms with Crippen LogP contribution in [-0.4, -0.2) is 0 Å². The zero-order chi connectivity index (χ0) is 21.0. The molecule has 0 aromatic heterocycles. The summed E-state index contributed by atoms with van der Waals surface area (Å²) in [7, 11) is 0. The Morgan fingerprint density at radius 2 is 1.14 bits per heavy atom. The van der Waals surface area contributed by atoms with Crippen LogP contribution in [0.25, 0.3) is 0 Å². The van der Waals surface area contributed by atoms with Crippen molar-refractivity contribution in [3.05, 3.63) is 93.2 Å². The first-order valence-corrected chi connectivity index (χ1v) is 11.1. The van der Waals surface area contributed by atoms with Gasteiger partial charge >= 0.3 is 0 Å². The predicted molar refractivity (Wildman–Crippen MR) is 124 cm³/mol. The number of fused-ring (bicyclic) bond motifs is 1. The monoisotopic (exact) mass is 382 g/mol. The molecule has 0 aliphatic heterocycles. The van der Waals surface area contributed by atoms with Gasteiger partial charge in [0.2, 0.25) is 0 Å². The Hall–Kier alpha value is -2.08. The molecule has 0 unspecified atom stereocenters. The van der Waals surface area contributed by atoms with Crippen molar-refractivity contribution in [1.29, 1.82) is 0 Å². The van der Waals surface area contributed by atoms with Crippen molar-refractivity contribution < 1.29 is 0 Å². The number of hydrogen-bond donors (Lipinski definition) is 0. The van der Waals surface area contributed by atoms with Gasteiger partial charge in [-0.05, 0) is 61.8 Å². The van der Waals surface area contributed by atoms with E-state index < -0.39 is 0 Å². The Labute approximate surface area is 176 Å². The third kappa shape index (κ3) is 2.21. The molecule has 5 rings (SSSR count). The van der Waals surface area contributed by atoms with Gasteiger partial charge in [-0.2, -0.15) is 0 Å². The molecule has 0 heterocycles. The SMILES string of the molecule is CC(C)(C)C1=CC2=C3C=CCC3=C3C=C(C(C)(C)C)C=C4C=CC(=C1)[C@]2(C)[C@@]43C. The number of allylic oxidation sites excluding steroid dienone is 16. The van der Waals surface area contributed by atoms with Gasteiger partial charge in [-0.3, -0.25) is 0 Å². The van der Waals surface area contributed by atoms with Gasteiger partial charge in [0.15, 0.2) is 0 Å². The summed E-state index contributed by atoms with van der Waals surface area (Å²) in [4.78, 5) is 0. The van der Waals surface area contributed by atoms with E-state index in [1.54, 1.807) is 11.1 Å². The van der Waals surface area contributed by atoms with Gasteiger partial charge in [0.1, 0.15) is 0 Å². The third-order valence-electron chi connectivity index (χ3n) is 8.18. The fourth-order valence-electron chi connectivity index (χ4n) is 5.96. The normalized spacial score (nSPS) is 32.6. The molecule has 0 amide bonds. The first kappa shape index (κ1) is 18.9. The van der Waals surface area contributed by atoms with Crippen molar-refractivity contribution in [3.63, 3.8) is 0 Å². The van der Waals surface area contributed by atoms with Crippen LogP contribution in [0.1, 0.15) is 61.8 Å². The Balaban J connectivity index is 1.91. The second kappa shape index (κ2) is 5.34. The lowest BCUT2D eigenvalue weighted by Crippen LogP contribution is -2.49. The molecular weight excluding hydrogens is 348 g/mol. The van der Waals surface area contributed by atoms with E-state index >= 15 is 0 Å². The van der Waals surface area contributed by atoms with Gasteiger partial charge in [0.05, 0.1) is 0 Å². The minimum absolute atomic E-state index is 0.0115. The van der Waals surface area contributed by atoms with Crippen molar-refractivity contribution in [3.8, 4) is 0 Å². The van der Waals surface area contributed by atoms with Gasteiger partial charge in [-0.25, -0.2) is 0 Å². The highest BCUT2D eigenvalue weighted by Gasteiger charge is 2.59. The van der Waals surface area contributed by atoms with Crippen molar-refractivity contribution in [1.82, 2.24) is 0 Å². The van der Waals surface area contributed by atoms with Crippen LogP contribution in [0, 0.1) is 21.7 Å². The summed E-state index contributed by atoms with van der Waals surface area (Å²) in [6.07, 6.45) is 20.6. The smallest absolute Gasteiger partial charge is 0.0315 e. The van der Waals surface area contributed by atoms with Crippen molar-refractivity contribution in [2.75, 3.05) is 0 Å². The summed E-state index contributed by atoms with van der Waals surface area (Å²) in [5.41, 5.74) is 12.2. The zero-order valence-corrected chi connectivity index (χ0v) is 19.3. The molecule has 150 valence electrons. The summed E-state index contributed by atoms with van der Waals surface area (Å²) in [5, 5.41) is 0. The van der Waals surface area contributed by atoms with Crippen LogP contribution in [0.5, 0.6) is 0 Å². The van der Waals surface area contributed by atoms with E-state index in [4.69, 9.17) is 0 Å². The average Bonchev–Trinajstić information content (AvgIpc) is 3.07. The van der Waals surface area contributed by atoms with E-state index in [-0.39, 0.29) is 21.7 Å². The predicted octanol–water partition coefficient (Wildman–Crippen LogP) is 7.96. The molecule has 2 atom stereocenters. The molecule has 0 aromatic carbocycles. The molecule has 0 heteroatoms. The molecule has 0 N–H and O–H groups in total. The highest BCUT2D eigenvalue weighted by molar-refractivity contribution is 5.75. The lowest BCUT2D eigenvalue weighted by atomic mass is 9.44. The first-order valence-electron chi connectivity index (χ1n) is 11.1. The second-order valence-electron chi connectivity index (χ2n) is 11.8. The van der Waals surface area contributed by atoms with Crippen LogP contribution in [-0.2, 0) is 0 Å². The van der Waals surface area contributed by atoms with E-state index in [1.807, 2.05) is 0 Å². The van der Waals surface area contributed by atoms with E-state index in [1.165, 1.54) is 33.4 Å². The molecule has 0 nitrogen and oxygen atoms in total. The Morgan fingerprint density at radius 3 is 1.66 bits per heavy atom. The molecule has 0 spiro atoms. The standard InChI is InChI=1S/C29H34/c1-26(2,3)20-14-18-12-13-19-15-21(27(4,5)6)17-25-23-11-9-10-22(23)24(16-20)28(18,7)29(19,25)8/h9-10,12-17H,11H2,1-8H3/t28-,29-/m0/s1. The average molecular weight is 383 g/mol. The Bertz CT molecular complexity index is 1090. The highest BCUT2D eigenvalue weighted by Crippen LogP contribution is 2.69. The maximum absolute atomic E-state index is 2.54. The number of rotatable bonds is 0. The molecule has 0 bridgehead atoms. The first-order chi connectivity index (χ1) is 13.4. The van der Waals surface area contributed by atoms with Gasteiger partial charge in [-0.15, -0.1) is 0 Å². The summed E-state index contributed by atoms with van der Waals surface area (Å²) in [6, 6.07) is 0. The minimum Gasteiger partial charge on any atom is -0.0795 e. The molecule has 0 saturated carbocycles. The van der Waals surface area contributed by atoms with Crippen LogP contribution in [0.3, 0.4) is 0 Å². The maximum Gasteiger partial charge on any atom is 0.0315 e. The zero-order valence-electron chi connectivity index (χ0n) is 19.3. The van der Waals surface area contributed by atoms with Gasteiger partial charge in [0, 0.05) is 10.8 Å². The minimum atomic E-state index is -0.0227. The van der Waals surface area contributed by atoms with Crippen LogP contribution in [0.4, 0.5) is 0 Å². The molecule has 29 heavy (non-hydrogen) atoms. The highest BCUT2D eigenvalue weighted by atomic mass is 14.6. The Morgan fingerprint density at radius 1 is 0.655 bits per heavy atom. The van der Waals surface area contributed by atoms with Crippen LogP contribution < -0.4 is 0 Å². The maximum atomic E-state index is 2.54. The fourth-order valence-corrected chi connectivity index (χ4v) is 5.96. The van der Waals surface area contributed by atoms with Gasteiger partial charge < -0.3 is 0 Å². The summed E-state index contributed by atoms with van der Waals surface area (Å²) >= 11 is 0.